The molecule has 2 atom stereocenters. The lowest BCUT2D eigenvalue weighted by atomic mass is 9.90. The third-order valence-corrected chi connectivity index (χ3v) is 4.59. The van der Waals surface area contributed by atoms with E-state index in [1.54, 1.807) is 4.90 Å². The van der Waals surface area contributed by atoms with Crippen LogP contribution in [0.3, 0.4) is 0 Å². The Hall–Kier alpha value is -2.24. The quantitative estimate of drug-likeness (QED) is 0.823. The van der Waals surface area contributed by atoms with Crippen LogP contribution in [0.25, 0.3) is 0 Å². The zero-order chi connectivity index (χ0) is 19.9. The third-order valence-electron chi connectivity index (χ3n) is 4.59. The predicted octanol–water partition coefficient (Wildman–Crippen LogP) is 4.48. The van der Waals surface area contributed by atoms with Gasteiger partial charge in [0.25, 0.3) is 0 Å². The molecule has 2 rings (SSSR count). The monoisotopic (exact) mass is 376 g/mol. The summed E-state index contributed by atoms with van der Waals surface area (Å²) in [6.07, 6.45) is 2.78. The Morgan fingerprint density at radius 2 is 1.89 bits per heavy atom. The Bertz CT molecular complexity index is 612. The molecule has 6 nitrogen and oxygen atoms in total. The summed E-state index contributed by atoms with van der Waals surface area (Å²) in [5.74, 6) is 0. The van der Waals surface area contributed by atoms with Gasteiger partial charge in [-0.3, -0.25) is 0 Å². The standard InChI is InChI=1S/C21H32N2O4/c1-5-23(20(25)26-15-16-10-7-6-8-11-16)18-13-9-12-17(14-18)22-19(24)27-21(2,3)4/h6-8,10-11,17-18H,5,9,12-15H2,1-4H3,(H,22,24)/t17-,18+/m1/s1. The zero-order valence-corrected chi connectivity index (χ0v) is 16.9. The number of nitrogens with zero attached hydrogens (tertiary/aromatic N) is 1. The molecule has 0 unspecified atom stereocenters. The fraction of sp³-hybridized carbons (Fsp3) is 0.619. The van der Waals surface area contributed by atoms with E-state index in [0.717, 1.165) is 24.8 Å². The van der Waals surface area contributed by atoms with Gasteiger partial charge in [-0.2, -0.15) is 0 Å². The van der Waals surface area contributed by atoms with E-state index in [-0.39, 0.29) is 24.8 Å². The van der Waals surface area contributed by atoms with E-state index in [1.165, 1.54) is 0 Å². The van der Waals surface area contributed by atoms with Gasteiger partial charge in [0.15, 0.2) is 0 Å². The Balaban J connectivity index is 1.87. The molecule has 1 aromatic rings. The molecule has 6 heteroatoms. The molecule has 0 bridgehead atoms. The molecule has 2 amide bonds. The molecular formula is C21H32N2O4. The summed E-state index contributed by atoms with van der Waals surface area (Å²) in [6, 6.07) is 9.73. The van der Waals surface area contributed by atoms with Gasteiger partial charge in [0.2, 0.25) is 0 Å². The van der Waals surface area contributed by atoms with E-state index in [0.29, 0.717) is 13.0 Å². The van der Waals surface area contributed by atoms with Crippen LogP contribution in [0.4, 0.5) is 9.59 Å². The number of carbonyl (C=O) groups is 2. The number of benzene rings is 1. The molecule has 0 aromatic heterocycles. The van der Waals surface area contributed by atoms with Crippen molar-refractivity contribution in [3.8, 4) is 0 Å². The Morgan fingerprint density at radius 3 is 2.52 bits per heavy atom. The van der Waals surface area contributed by atoms with Crippen molar-refractivity contribution in [1.29, 1.82) is 0 Å². The number of carbonyl (C=O) groups excluding carboxylic acids is 2. The molecule has 0 saturated heterocycles. The van der Waals surface area contributed by atoms with Crippen LogP contribution < -0.4 is 5.32 Å². The van der Waals surface area contributed by atoms with Crippen molar-refractivity contribution in [2.24, 2.45) is 0 Å². The van der Waals surface area contributed by atoms with Gasteiger partial charge in [-0.25, -0.2) is 9.59 Å². The van der Waals surface area contributed by atoms with Crippen molar-refractivity contribution >= 4 is 12.2 Å². The smallest absolute Gasteiger partial charge is 0.410 e. The third kappa shape index (κ3) is 7.12. The van der Waals surface area contributed by atoms with Crippen LogP contribution in [-0.4, -0.2) is 41.3 Å². The van der Waals surface area contributed by atoms with Crippen molar-refractivity contribution in [1.82, 2.24) is 10.2 Å². The van der Waals surface area contributed by atoms with Crippen LogP contribution in [0.2, 0.25) is 0 Å². The molecule has 1 aromatic carbocycles. The lowest BCUT2D eigenvalue weighted by Crippen LogP contribution is -2.48. The minimum absolute atomic E-state index is 0.00886. The number of rotatable bonds is 5. The van der Waals surface area contributed by atoms with E-state index >= 15 is 0 Å². The summed E-state index contributed by atoms with van der Waals surface area (Å²) in [4.78, 5) is 26.4. The lowest BCUT2D eigenvalue weighted by molar-refractivity contribution is 0.0457. The summed E-state index contributed by atoms with van der Waals surface area (Å²) >= 11 is 0. The van der Waals surface area contributed by atoms with Crippen molar-refractivity contribution in [2.45, 2.75) is 77.7 Å². The number of alkyl carbamates (subject to hydrolysis) is 1. The maximum atomic E-state index is 12.6. The molecule has 0 aliphatic heterocycles. The number of nitrogens with one attached hydrogen (secondary N) is 1. The molecule has 0 heterocycles. The molecule has 1 aliphatic rings. The highest BCUT2D eigenvalue weighted by atomic mass is 16.6. The summed E-state index contributed by atoms with van der Waals surface area (Å²) in [7, 11) is 0. The maximum Gasteiger partial charge on any atom is 0.410 e. The van der Waals surface area contributed by atoms with Gasteiger partial charge in [0, 0.05) is 18.6 Å². The first-order chi connectivity index (χ1) is 12.8. The van der Waals surface area contributed by atoms with Gasteiger partial charge in [-0.1, -0.05) is 30.3 Å². The Morgan fingerprint density at radius 1 is 1.19 bits per heavy atom. The molecular weight excluding hydrogens is 344 g/mol. The number of ether oxygens (including phenoxy) is 2. The van der Waals surface area contributed by atoms with Crippen LogP contribution in [0.15, 0.2) is 30.3 Å². The van der Waals surface area contributed by atoms with E-state index in [1.807, 2.05) is 58.0 Å². The number of hydrogen-bond acceptors (Lipinski definition) is 4. The summed E-state index contributed by atoms with van der Waals surface area (Å²) in [5.41, 5.74) is 0.449. The molecule has 1 fully saturated rings. The van der Waals surface area contributed by atoms with E-state index in [2.05, 4.69) is 5.32 Å². The van der Waals surface area contributed by atoms with Crippen LogP contribution in [-0.2, 0) is 16.1 Å². The van der Waals surface area contributed by atoms with E-state index in [4.69, 9.17) is 9.47 Å². The fourth-order valence-corrected chi connectivity index (χ4v) is 3.39. The first-order valence-electron chi connectivity index (χ1n) is 9.75. The van der Waals surface area contributed by atoms with Crippen LogP contribution in [0.1, 0.15) is 58.9 Å². The van der Waals surface area contributed by atoms with Gasteiger partial charge in [-0.05, 0) is 58.9 Å². The first-order valence-corrected chi connectivity index (χ1v) is 9.75. The zero-order valence-electron chi connectivity index (χ0n) is 16.9. The van der Waals surface area contributed by atoms with Crippen molar-refractivity contribution in [3.05, 3.63) is 35.9 Å². The van der Waals surface area contributed by atoms with Gasteiger partial charge in [-0.15, -0.1) is 0 Å². The second kappa shape index (κ2) is 9.62. The average Bonchev–Trinajstić information content (AvgIpc) is 2.60. The summed E-state index contributed by atoms with van der Waals surface area (Å²) in [6.45, 7) is 8.34. The topological polar surface area (TPSA) is 67.9 Å². The highest BCUT2D eigenvalue weighted by Gasteiger charge is 2.31. The molecule has 150 valence electrons. The molecule has 0 radical (unpaired) electrons. The van der Waals surface area contributed by atoms with E-state index in [9.17, 15) is 9.59 Å². The van der Waals surface area contributed by atoms with Crippen molar-refractivity contribution < 1.29 is 19.1 Å². The second-order valence-electron chi connectivity index (χ2n) is 7.99. The number of amides is 2. The van der Waals surface area contributed by atoms with Crippen LogP contribution >= 0.6 is 0 Å². The molecule has 1 N–H and O–H groups in total. The van der Waals surface area contributed by atoms with Gasteiger partial charge in [0.1, 0.15) is 12.2 Å². The fourth-order valence-electron chi connectivity index (χ4n) is 3.39. The first kappa shape index (κ1) is 21.1. The highest BCUT2D eigenvalue weighted by Crippen LogP contribution is 2.24. The van der Waals surface area contributed by atoms with Crippen LogP contribution in [0, 0.1) is 0 Å². The van der Waals surface area contributed by atoms with Gasteiger partial charge < -0.3 is 19.7 Å². The number of hydrogen-bond donors (Lipinski definition) is 1. The molecule has 1 aliphatic carbocycles. The Labute approximate surface area is 162 Å². The summed E-state index contributed by atoms with van der Waals surface area (Å²) < 4.78 is 10.8. The molecule has 1 saturated carbocycles. The highest BCUT2D eigenvalue weighted by molar-refractivity contribution is 5.69. The normalized spacial score (nSPS) is 19.9. The lowest BCUT2D eigenvalue weighted by Gasteiger charge is -2.36. The van der Waals surface area contributed by atoms with Crippen LogP contribution in [0.5, 0.6) is 0 Å². The van der Waals surface area contributed by atoms with Crippen molar-refractivity contribution in [3.63, 3.8) is 0 Å². The largest absolute Gasteiger partial charge is 0.445 e. The van der Waals surface area contributed by atoms with E-state index < -0.39 is 11.7 Å². The minimum Gasteiger partial charge on any atom is -0.445 e. The average molecular weight is 376 g/mol. The predicted molar refractivity (Wildman–Crippen MR) is 104 cm³/mol. The maximum absolute atomic E-state index is 12.6. The van der Waals surface area contributed by atoms with Gasteiger partial charge >= 0.3 is 12.2 Å². The molecule has 27 heavy (non-hydrogen) atoms. The van der Waals surface area contributed by atoms with Crippen molar-refractivity contribution in [2.75, 3.05) is 6.54 Å². The van der Waals surface area contributed by atoms with Gasteiger partial charge in [0.05, 0.1) is 0 Å². The summed E-state index contributed by atoms with van der Waals surface area (Å²) in [5, 5.41) is 2.94. The molecule has 0 spiro atoms. The SMILES string of the molecule is CCN(C(=O)OCc1ccccc1)[C@H]1CCC[C@@H](NC(=O)OC(C)(C)C)C1. The second-order valence-corrected chi connectivity index (χ2v) is 7.99. The Kier molecular flexibility index (Phi) is 7.51. The minimum atomic E-state index is -0.519.